The molecule has 2 rings (SSSR count). The highest BCUT2D eigenvalue weighted by atomic mass is 35.5. The fourth-order valence-corrected chi connectivity index (χ4v) is 1.66. The zero-order chi connectivity index (χ0) is 14.5. The Balaban J connectivity index is 2.03. The van der Waals surface area contributed by atoms with Crippen LogP contribution in [0.4, 0.5) is 11.5 Å². The lowest BCUT2D eigenvalue weighted by Gasteiger charge is -2.05. The molecule has 0 fully saturated rings. The molecule has 2 aromatic rings. The highest BCUT2D eigenvalue weighted by Crippen LogP contribution is 2.23. The first-order valence-electron chi connectivity index (χ1n) is 5.63. The van der Waals surface area contributed by atoms with Gasteiger partial charge >= 0.3 is 5.69 Å². The molecule has 0 aliphatic carbocycles. The van der Waals surface area contributed by atoms with E-state index in [1.165, 1.54) is 12.1 Å². The highest BCUT2D eigenvalue weighted by Gasteiger charge is 2.17. The molecule has 0 aliphatic rings. The van der Waals surface area contributed by atoms with Crippen LogP contribution in [0, 0.1) is 10.1 Å². The van der Waals surface area contributed by atoms with Crippen LogP contribution in [0.5, 0.6) is 0 Å². The van der Waals surface area contributed by atoms with Gasteiger partial charge in [-0.15, -0.1) is 0 Å². The van der Waals surface area contributed by atoms with Gasteiger partial charge in [0.1, 0.15) is 5.15 Å². The van der Waals surface area contributed by atoms with Crippen LogP contribution in [0.25, 0.3) is 0 Å². The van der Waals surface area contributed by atoms with Crippen LogP contribution in [0.2, 0.25) is 5.15 Å². The molecular formula is C11H10ClN5O3. The summed E-state index contributed by atoms with van der Waals surface area (Å²) in [7, 11) is 0. The number of hydrogen-bond donors (Lipinski definition) is 1. The van der Waals surface area contributed by atoms with E-state index in [1.807, 2.05) is 0 Å². The molecular weight excluding hydrogens is 286 g/mol. The maximum absolute atomic E-state index is 11.7. The van der Waals surface area contributed by atoms with Crippen LogP contribution >= 0.6 is 11.6 Å². The minimum Gasteiger partial charge on any atom is -0.337 e. The minimum absolute atomic E-state index is 0.0699. The van der Waals surface area contributed by atoms with E-state index in [2.05, 4.69) is 15.3 Å². The predicted octanol–water partition coefficient (Wildman–Crippen LogP) is 1.87. The van der Waals surface area contributed by atoms with E-state index < -0.39 is 10.8 Å². The molecule has 0 unspecified atom stereocenters. The van der Waals surface area contributed by atoms with Crippen LogP contribution < -0.4 is 5.32 Å². The average Bonchev–Trinajstić information content (AvgIpc) is 2.89. The van der Waals surface area contributed by atoms with E-state index in [1.54, 1.807) is 23.3 Å². The Bertz CT molecular complexity index is 629. The van der Waals surface area contributed by atoms with Crippen molar-refractivity contribution in [3.8, 4) is 0 Å². The van der Waals surface area contributed by atoms with E-state index in [0.717, 1.165) is 0 Å². The molecule has 1 N–H and O–H groups in total. The number of halogens is 1. The standard InChI is InChI=1S/C11H10ClN5O3/c12-9-2-1-8(17(19)20)11(14-9)15-10(18)3-5-16-6-4-13-7-16/h1-2,4,6-7H,3,5H2,(H,14,15,18). The first-order valence-corrected chi connectivity index (χ1v) is 6.00. The smallest absolute Gasteiger partial charge is 0.311 e. The van der Waals surface area contributed by atoms with Gasteiger partial charge in [0.05, 0.1) is 11.3 Å². The molecule has 20 heavy (non-hydrogen) atoms. The maximum atomic E-state index is 11.7. The summed E-state index contributed by atoms with van der Waals surface area (Å²) in [5.41, 5.74) is -0.301. The number of imidazole rings is 1. The fraction of sp³-hybridized carbons (Fsp3) is 0.182. The van der Waals surface area contributed by atoms with Crippen molar-refractivity contribution in [1.29, 1.82) is 0 Å². The van der Waals surface area contributed by atoms with Gasteiger partial charge in [-0.2, -0.15) is 0 Å². The fourth-order valence-electron chi connectivity index (χ4n) is 1.51. The monoisotopic (exact) mass is 295 g/mol. The zero-order valence-electron chi connectivity index (χ0n) is 10.2. The summed E-state index contributed by atoms with van der Waals surface area (Å²) in [5, 5.41) is 13.3. The Labute approximate surface area is 118 Å². The Morgan fingerprint density at radius 1 is 1.50 bits per heavy atom. The van der Waals surface area contributed by atoms with Crippen molar-refractivity contribution in [3.05, 3.63) is 46.1 Å². The first kappa shape index (κ1) is 13.9. The van der Waals surface area contributed by atoms with Gasteiger partial charge in [-0.1, -0.05) is 11.6 Å². The van der Waals surface area contributed by atoms with Crippen LogP contribution in [-0.4, -0.2) is 25.4 Å². The van der Waals surface area contributed by atoms with Crippen LogP contribution in [0.3, 0.4) is 0 Å². The lowest BCUT2D eigenvalue weighted by Crippen LogP contribution is -2.16. The van der Waals surface area contributed by atoms with Gasteiger partial charge in [0.25, 0.3) is 0 Å². The van der Waals surface area contributed by atoms with E-state index in [4.69, 9.17) is 11.6 Å². The Morgan fingerprint density at radius 3 is 2.95 bits per heavy atom. The topological polar surface area (TPSA) is 103 Å². The largest absolute Gasteiger partial charge is 0.337 e. The number of nitrogens with zero attached hydrogens (tertiary/aromatic N) is 4. The summed E-state index contributed by atoms with van der Waals surface area (Å²) in [6, 6.07) is 2.49. The van der Waals surface area contributed by atoms with Crippen molar-refractivity contribution in [2.24, 2.45) is 0 Å². The third kappa shape index (κ3) is 3.51. The van der Waals surface area contributed by atoms with E-state index in [0.29, 0.717) is 6.54 Å². The summed E-state index contributed by atoms with van der Waals surface area (Å²) in [4.78, 5) is 29.5. The summed E-state index contributed by atoms with van der Waals surface area (Å²) in [5.74, 6) is -0.547. The second-order valence-corrected chi connectivity index (χ2v) is 4.24. The Morgan fingerprint density at radius 2 is 2.30 bits per heavy atom. The molecule has 1 amide bonds. The minimum atomic E-state index is -0.630. The molecule has 0 aliphatic heterocycles. The molecule has 0 saturated heterocycles. The number of rotatable bonds is 5. The number of pyridine rings is 1. The maximum Gasteiger partial charge on any atom is 0.311 e. The normalized spacial score (nSPS) is 10.2. The number of hydrogen-bond acceptors (Lipinski definition) is 5. The van der Waals surface area contributed by atoms with Crippen LogP contribution in [0.15, 0.2) is 30.9 Å². The van der Waals surface area contributed by atoms with Crippen molar-refractivity contribution in [1.82, 2.24) is 14.5 Å². The van der Waals surface area contributed by atoms with E-state index in [9.17, 15) is 14.9 Å². The molecule has 0 atom stereocenters. The SMILES string of the molecule is O=C(CCn1ccnc1)Nc1nc(Cl)ccc1[N+](=O)[O-]. The van der Waals surface area contributed by atoms with Gasteiger partial charge in [0, 0.05) is 31.4 Å². The average molecular weight is 296 g/mol. The second-order valence-electron chi connectivity index (χ2n) is 3.86. The molecule has 8 nitrogen and oxygen atoms in total. The summed E-state index contributed by atoms with van der Waals surface area (Å²) < 4.78 is 1.72. The lowest BCUT2D eigenvalue weighted by atomic mass is 10.3. The second kappa shape index (κ2) is 6.11. The molecule has 0 bridgehead atoms. The number of anilines is 1. The predicted molar refractivity (Wildman–Crippen MR) is 71.4 cm³/mol. The summed E-state index contributed by atoms with van der Waals surface area (Å²) in [6.45, 7) is 0.417. The molecule has 9 heteroatoms. The highest BCUT2D eigenvalue weighted by molar-refractivity contribution is 6.29. The molecule has 2 heterocycles. The molecule has 104 valence electrons. The zero-order valence-corrected chi connectivity index (χ0v) is 10.9. The number of aromatic nitrogens is 3. The third-order valence-corrected chi connectivity index (χ3v) is 2.66. The number of amides is 1. The molecule has 0 aromatic carbocycles. The van der Waals surface area contributed by atoms with Crippen molar-refractivity contribution < 1.29 is 9.72 Å². The van der Waals surface area contributed by atoms with Gasteiger partial charge in [-0.25, -0.2) is 9.97 Å². The van der Waals surface area contributed by atoms with Crippen molar-refractivity contribution >= 4 is 29.0 Å². The van der Waals surface area contributed by atoms with Gasteiger partial charge < -0.3 is 9.88 Å². The summed E-state index contributed by atoms with van der Waals surface area (Å²) >= 11 is 5.67. The molecule has 0 spiro atoms. The number of carbonyl (C=O) groups is 1. The number of nitrogens with one attached hydrogen (secondary N) is 1. The van der Waals surface area contributed by atoms with E-state index in [-0.39, 0.29) is 23.1 Å². The summed E-state index contributed by atoms with van der Waals surface area (Å²) in [6.07, 6.45) is 5.03. The van der Waals surface area contributed by atoms with Gasteiger partial charge in [-0.05, 0) is 6.07 Å². The lowest BCUT2D eigenvalue weighted by molar-refractivity contribution is -0.384. The van der Waals surface area contributed by atoms with Crippen molar-refractivity contribution in [2.45, 2.75) is 13.0 Å². The number of aryl methyl sites for hydroxylation is 1. The van der Waals surface area contributed by atoms with Crippen LogP contribution in [-0.2, 0) is 11.3 Å². The van der Waals surface area contributed by atoms with Crippen molar-refractivity contribution in [3.63, 3.8) is 0 Å². The van der Waals surface area contributed by atoms with Crippen molar-refractivity contribution in [2.75, 3.05) is 5.32 Å². The molecule has 2 aromatic heterocycles. The molecule has 0 radical (unpaired) electrons. The van der Waals surface area contributed by atoms with Gasteiger partial charge in [0.2, 0.25) is 11.7 Å². The Kier molecular flexibility index (Phi) is 4.26. The first-order chi connectivity index (χ1) is 9.56. The number of carbonyl (C=O) groups excluding carboxylic acids is 1. The van der Waals surface area contributed by atoms with E-state index >= 15 is 0 Å². The third-order valence-electron chi connectivity index (χ3n) is 2.45. The molecule has 0 saturated carbocycles. The quantitative estimate of drug-likeness (QED) is 0.515. The van der Waals surface area contributed by atoms with Gasteiger partial charge in [0.15, 0.2) is 0 Å². The number of nitro groups is 1. The Hall–Kier alpha value is -2.48. The van der Waals surface area contributed by atoms with Crippen LogP contribution in [0.1, 0.15) is 6.42 Å². The van der Waals surface area contributed by atoms with Gasteiger partial charge in [-0.3, -0.25) is 14.9 Å².